The molecule has 13 nitrogen and oxygen atoms in total. The molecule has 1 saturated heterocycles. The number of hydrogen-bond donors (Lipinski definition) is 3. The maximum atomic E-state index is 13.2. The SMILES string of the molecule is CCn1nc(C)cc1C(=O)Nc1nc2cc(C(N)=O)cc(OC)c2n1CCCNC(=O)N(C)C1CCOCC1. The lowest BCUT2D eigenvalue weighted by Gasteiger charge is -2.31. The molecule has 0 saturated carbocycles. The van der Waals surface area contributed by atoms with Gasteiger partial charge in [-0.1, -0.05) is 0 Å². The van der Waals surface area contributed by atoms with Gasteiger partial charge in [-0.05, 0) is 51.3 Å². The smallest absolute Gasteiger partial charge is 0.317 e. The summed E-state index contributed by atoms with van der Waals surface area (Å²) in [6, 6.07) is 4.84. The van der Waals surface area contributed by atoms with Crippen molar-refractivity contribution in [1.29, 1.82) is 0 Å². The summed E-state index contributed by atoms with van der Waals surface area (Å²) in [5, 5.41) is 10.2. The van der Waals surface area contributed by atoms with E-state index in [1.807, 2.05) is 18.4 Å². The summed E-state index contributed by atoms with van der Waals surface area (Å²) in [6.45, 7) is 6.38. The van der Waals surface area contributed by atoms with Crippen molar-refractivity contribution in [1.82, 2.24) is 29.5 Å². The molecule has 0 atom stereocenters. The van der Waals surface area contributed by atoms with Gasteiger partial charge in [-0.2, -0.15) is 5.10 Å². The summed E-state index contributed by atoms with van der Waals surface area (Å²) in [6.07, 6.45) is 2.18. The zero-order chi connectivity index (χ0) is 28.1. The van der Waals surface area contributed by atoms with E-state index in [4.69, 9.17) is 15.2 Å². The van der Waals surface area contributed by atoms with E-state index in [-0.39, 0.29) is 29.5 Å². The largest absolute Gasteiger partial charge is 0.494 e. The summed E-state index contributed by atoms with van der Waals surface area (Å²) in [4.78, 5) is 44.1. The van der Waals surface area contributed by atoms with Crippen LogP contribution in [-0.4, -0.2) is 82.0 Å². The second kappa shape index (κ2) is 12.2. The zero-order valence-corrected chi connectivity index (χ0v) is 22.8. The van der Waals surface area contributed by atoms with Crippen molar-refractivity contribution in [3.05, 3.63) is 35.2 Å². The van der Waals surface area contributed by atoms with Crippen LogP contribution in [-0.2, 0) is 17.8 Å². The number of amides is 4. The molecule has 0 bridgehead atoms. The van der Waals surface area contributed by atoms with Crippen LogP contribution in [0.25, 0.3) is 11.0 Å². The number of imidazole rings is 1. The number of benzene rings is 1. The van der Waals surface area contributed by atoms with Crippen LogP contribution in [0.4, 0.5) is 10.7 Å². The Kier molecular flexibility index (Phi) is 8.69. The van der Waals surface area contributed by atoms with Crippen molar-refractivity contribution in [2.75, 3.05) is 39.2 Å². The Labute approximate surface area is 226 Å². The quantitative estimate of drug-likeness (QED) is 0.332. The molecule has 1 aliphatic rings. The normalized spacial score (nSPS) is 13.8. The van der Waals surface area contributed by atoms with Crippen LogP contribution < -0.4 is 21.1 Å². The minimum atomic E-state index is -0.617. The molecule has 39 heavy (non-hydrogen) atoms. The first-order chi connectivity index (χ1) is 18.7. The van der Waals surface area contributed by atoms with Gasteiger partial charge in [-0.3, -0.25) is 19.6 Å². The number of carbonyl (C=O) groups is 3. The fraction of sp³-hybridized carbons (Fsp3) is 0.500. The fourth-order valence-corrected chi connectivity index (χ4v) is 4.77. The van der Waals surface area contributed by atoms with Gasteiger partial charge in [0.2, 0.25) is 11.9 Å². The summed E-state index contributed by atoms with van der Waals surface area (Å²) in [5.74, 6) is -0.308. The predicted octanol–water partition coefficient (Wildman–Crippen LogP) is 2.13. The van der Waals surface area contributed by atoms with Gasteiger partial charge in [-0.15, -0.1) is 0 Å². The lowest BCUT2D eigenvalue weighted by molar-refractivity contribution is 0.0526. The predicted molar refractivity (Wildman–Crippen MR) is 145 cm³/mol. The lowest BCUT2D eigenvalue weighted by atomic mass is 10.1. The van der Waals surface area contributed by atoms with Crippen molar-refractivity contribution < 1.29 is 23.9 Å². The first-order valence-electron chi connectivity index (χ1n) is 13.1. The highest BCUT2D eigenvalue weighted by atomic mass is 16.5. The summed E-state index contributed by atoms with van der Waals surface area (Å²) >= 11 is 0. The third-order valence-electron chi connectivity index (χ3n) is 6.86. The lowest BCUT2D eigenvalue weighted by Crippen LogP contribution is -2.46. The van der Waals surface area contributed by atoms with Crippen LogP contribution in [0.15, 0.2) is 18.2 Å². The number of aryl methyl sites for hydroxylation is 3. The molecule has 1 aromatic carbocycles. The van der Waals surface area contributed by atoms with Crippen molar-refractivity contribution in [2.45, 2.75) is 52.2 Å². The minimum absolute atomic E-state index is 0.141. The van der Waals surface area contributed by atoms with E-state index in [1.165, 1.54) is 7.11 Å². The molecule has 3 heterocycles. The Morgan fingerprint density at radius 1 is 1.23 bits per heavy atom. The number of fused-ring (bicyclic) bond motifs is 1. The maximum Gasteiger partial charge on any atom is 0.317 e. The molecule has 0 unspecified atom stereocenters. The second-order valence-corrected chi connectivity index (χ2v) is 9.48. The number of anilines is 1. The van der Waals surface area contributed by atoms with Crippen molar-refractivity contribution in [3.63, 3.8) is 0 Å². The summed E-state index contributed by atoms with van der Waals surface area (Å²) in [7, 11) is 3.29. The monoisotopic (exact) mass is 540 g/mol. The van der Waals surface area contributed by atoms with E-state index in [0.29, 0.717) is 61.7 Å². The van der Waals surface area contributed by atoms with Gasteiger partial charge >= 0.3 is 6.03 Å². The Balaban J connectivity index is 1.56. The molecule has 13 heteroatoms. The van der Waals surface area contributed by atoms with E-state index in [2.05, 4.69) is 20.7 Å². The molecule has 2 aromatic heterocycles. The summed E-state index contributed by atoms with van der Waals surface area (Å²) < 4.78 is 14.4. The Bertz CT molecular complexity index is 1360. The number of methoxy groups -OCH3 is 1. The van der Waals surface area contributed by atoms with Gasteiger partial charge in [0.15, 0.2) is 0 Å². The van der Waals surface area contributed by atoms with Crippen LogP contribution in [0, 0.1) is 6.92 Å². The number of rotatable bonds is 10. The zero-order valence-electron chi connectivity index (χ0n) is 22.8. The first-order valence-corrected chi connectivity index (χ1v) is 13.1. The van der Waals surface area contributed by atoms with E-state index in [0.717, 1.165) is 18.5 Å². The number of carbonyl (C=O) groups excluding carboxylic acids is 3. The Hall–Kier alpha value is -4.13. The highest BCUT2D eigenvalue weighted by molar-refractivity contribution is 6.04. The van der Waals surface area contributed by atoms with Gasteiger partial charge in [0, 0.05) is 51.5 Å². The molecule has 0 radical (unpaired) electrons. The van der Waals surface area contributed by atoms with Crippen LogP contribution >= 0.6 is 0 Å². The molecular formula is C26H36N8O5. The molecule has 4 rings (SSSR count). The van der Waals surface area contributed by atoms with Crippen molar-refractivity contribution >= 4 is 34.8 Å². The molecule has 3 aromatic rings. The highest BCUT2D eigenvalue weighted by Crippen LogP contribution is 2.31. The fourth-order valence-electron chi connectivity index (χ4n) is 4.77. The molecule has 4 amide bonds. The van der Waals surface area contributed by atoms with Crippen LogP contribution in [0.1, 0.15) is 52.7 Å². The van der Waals surface area contributed by atoms with Crippen molar-refractivity contribution in [2.24, 2.45) is 5.73 Å². The number of aromatic nitrogens is 4. The Morgan fingerprint density at radius 2 is 1.97 bits per heavy atom. The number of nitrogens with two attached hydrogens (primary N) is 1. The third-order valence-corrected chi connectivity index (χ3v) is 6.86. The van der Waals surface area contributed by atoms with Gasteiger partial charge in [0.1, 0.15) is 17.0 Å². The molecule has 1 aliphatic heterocycles. The standard InChI is InChI=1S/C26H36N8O5/c1-5-34-20(13-16(2)31-34)24(36)30-25-29-19-14-17(23(27)35)15-21(38-4)22(19)33(25)10-6-9-28-26(37)32(3)18-7-11-39-12-8-18/h13-15,18H,5-12H2,1-4H3,(H2,27,35)(H,28,37)(H,29,30,36). The topological polar surface area (TPSA) is 159 Å². The van der Waals surface area contributed by atoms with Gasteiger partial charge < -0.3 is 30.0 Å². The average molecular weight is 541 g/mol. The average Bonchev–Trinajstić information content (AvgIpc) is 3.49. The molecule has 210 valence electrons. The van der Waals surface area contributed by atoms with Gasteiger partial charge in [-0.25, -0.2) is 9.78 Å². The highest BCUT2D eigenvalue weighted by Gasteiger charge is 2.23. The van der Waals surface area contributed by atoms with Crippen LogP contribution in [0.3, 0.4) is 0 Å². The number of hydrogen-bond acceptors (Lipinski definition) is 7. The van der Waals surface area contributed by atoms with E-state index < -0.39 is 5.91 Å². The number of primary amides is 1. The van der Waals surface area contributed by atoms with Gasteiger partial charge in [0.05, 0.1) is 18.3 Å². The van der Waals surface area contributed by atoms with Crippen LogP contribution in [0.5, 0.6) is 5.75 Å². The third kappa shape index (κ3) is 6.14. The number of ether oxygens (including phenoxy) is 2. The molecular weight excluding hydrogens is 504 g/mol. The van der Waals surface area contributed by atoms with E-state index in [9.17, 15) is 14.4 Å². The maximum absolute atomic E-state index is 13.2. The minimum Gasteiger partial charge on any atom is -0.494 e. The number of nitrogens with zero attached hydrogens (tertiary/aromatic N) is 5. The number of nitrogens with one attached hydrogen (secondary N) is 2. The molecule has 1 fully saturated rings. The second-order valence-electron chi connectivity index (χ2n) is 9.48. The van der Waals surface area contributed by atoms with E-state index >= 15 is 0 Å². The van der Waals surface area contributed by atoms with Gasteiger partial charge in [0.25, 0.3) is 5.91 Å². The molecule has 0 spiro atoms. The van der Waals surface area contributed by atoms with E-state index in [1.54, 1.807) is 34.8 Å². The first kappa shape index (κ1) is 27.9. The van der Waals surface area contributed by atoms with Crippen LogP contribution in [0.2, 0.25) is 0 Å². The molecule has 4 N–H and O–H groups in total. The summed E-state index contributed by atoms with van der Waals surface area (Å²) in [5.41, 5.74) is 7.93. The molecule has 0 aliphatic carbocycles. The Morgan fingerprint density at radius 3 is 2.64 bits per heavy atom. The van der Waals surface area contributed by atoms with Crippen molar-refractivity contribution in [3.8, 4) is 5.75 Å². The number of urea groups is 1.